The van der Waals surface area contributed by atoms with Gasteiger partial charge in [-0.05, 0) is 13.3 Å². The summed E-state index contributed by atoms with van der Waals surface area (Å²) >= 11 is 0. The third-order valence-electron chi connectivity index (χ3n) is 1.36. The Labute approximate surface area is 70.3 Å². The second kappa shape index (κ2) is 5.50. The first-order valence-electron chi connectivity index (χ1n) is 3.86. The lowest BCUT2D eigenvalue weighted by Gasteiger charge is -2.11. The predicted molar refractivity (Wildman–Crippen MR) is 50.2 cm³/mol. The number of carbonyl (C=O) groups excluding carboxylic acids is 1. The maximum atomic E-state index is 11.0. The van der Waals surface area contributed by atoms with E-state index in [2.05, 4.69) is 14.6 Å². The molecule has 0 aromatic rings. The van der Waals surface area contributed by atoms with Gasteiger partial charge in [-0.15, -0.1) is 9.24 Å². The van der Waals surface area contributed by atoms with E-state index in [-0.39, 0.29) is 17.7 Å². The Morgan fingerprint density at radius 3 is 2.64 bits per heavy atom. The van der Waals surface area contributed by atoms with E-state index in [1.54, 1.807) is 0 Å². The molecule has 0 heterocycles. The maximum Gasteiger partial charge on any atom is 0.222 e. The Kier molecular flexibility index (Phi) is 5.43. The van der Waals surface area contributed by atoms with E-state index in [4.69, 9.17) is 5.73 Å². The summed E-state index contributed by atoms with van der Waals surface area (Å²) in [7, 11) is 2.51. The summed E-state index contributed by atoms with van der Waals surface area (Å²) in [4.78, 5) is 11.0. The summed E-state index contributed by atoms with van der Waals surface area (Å²) in [5.41, 5.74) is 5.58. The first-order chi connectivity index (χ1) is 5.06. The van der Waals surface area contributed by atoms with Crippen LogP contribution in [0.15, 0.2) is 0 Å². The Hall–Kier alpha value is -0.140. The zero-order valence-corrected chi connectivity index (χ0v) is 8.29. The van der Waals surface area contributed by atoms with Gasteiger partial charge in [-0.1, -0.05) is 6.92 Å². The molecule has 3 nitrogen and oxygen atoms in total. The summed E-state index contributed by atoms with van der Waals surface area (Å²) in [5, 5.41) is 2.75. The van der Waals surface area contributed by atoms with Gasteiger partial charge >= 0.3 is 0 Å². The van der Waals surface area contributed by atoms with Crippen LogP contribution in [0, 0.1) is 0 Å². The summed E-state index contributed by atoms with van der Waals surface area (Å²) in [6.07, 6.45) is 1.27. The number of nitrogens with two attached hydrogens (primary N) is 1. The average molecular weight is 176 g/mol. The number of amides is 1. The first kappa shape index (κ1) is 10.9. The average Bonchev–Trinajstić information content (AvgIpc) is 1.85. The van der Waals surface area contributed by atoms with Crippen LogP contribution in [0.25, 0.3) is 0 Å². The molecular weight excluding hydrogens is 159 g/mol. The molecule has 66 valence electrons. The molecule has 0 aliphatic carbocycles. The molecule has 0 bridgehead atoms. The Morgan fingerprint density at radius 2 is 2.27 bits per heavy atom. The van der Waals surface area contributed by atoms with E-state index in [1.807, 2.05) is 13.8 Å². The van der Waals surface area contributed by atoms with Crippen LogP contribution in [-0.4, -0.2) is 17.7 Å². The highest BCUT2D eigenvalue weighted by Gasteiger charge is 2.07. The molecule has 0 aromatic carbocycles. The van der Waals surface area contributed by atoms with Gasteiger partial charge in [0.1, 0.15) is 0 Å². The Balaban J connectivity index is 3.52. The third-order valence-corrected chi connectivity index (χ3v) is 1.53. The minimum absolute atomic E-state index is 0.00116. The van der Waals surface area contributed by atoms with Crippen molar-refractivity contribution in [2.75, 3.05) is 0 Å². The molecule has 4 heteroatoms. The van der Waals surface area contributed by atoms with Crippen LogP contribution in [0.3, 0.4) is 0 Å². The monoisotopic (exact) mass is 176 g/mol. The zero-order valence-electron chi connectivity index (χ0n) is 7.13. The molecule has 0 rings (SSSR count). The van der Waals surface area contributed by atoms with Crippen molar-refractivity contribution in [3.8, 4) is 0 Å². The molecule has 0 aromatic heterocycles. The van der Waals surface area contributed by atoms with Crippen LogP contribution in [0.1, 0.15) is 26.7 Å². The minimum Gasteiger partial charge on any atom is -0.350 e. The SMILES string of the molecule is CCC(N)CC(=O)NC(C)P. The summed E-state index contributed by atoms with van der Waals surface area (Å²) in [6, 6.07) is -0.00116. The third kappa shape index (κ3) is 6.27. The molecule has 0 fully saturated rings. The van der Waals surface area contributed by atoms with Gasteiger partial charge in [0.05, 0.1) is 0 Å². The molecule has 0 radical (unpaired) electrons. The van der Waals surface area contributed by atoms with Gasteiger partial charge < -0.3 is 11.1 Å². The lowest BCUT2D eigenvalue weighted by atomic mass is 10.1. The van der Waals surface area contributed by atoms with Crippen molar-refractivity contribution in [3.05, 3.63) is 0 Å². The molecule has 1 amide bonds. The fourth-order valence-electron chi connectivity index (χ4n) is 0.695. The van der Waals surface area contributed by atoms with Crippen molar-refractivity contribution in [3.63, 3.8) is 0 Å². The van der Waals surface area contributed by atoms with Crippen molar-refractivity contribution < 1.29 is 4.79 Å². The normalized spacial score (nSPS) is 15.6. The van der Waals surface area contributed by atoms with Crippen LogP contribution in [0.2, 0.25) is 0 Å². The van der Waals surface area contributed by atoms with Crippen LogP contribution < -0.4 is 11.1 Å². The molecule has 0 aliphatic rings. The molecule has 3 atom stereocenters. The van der Waals surface area contributed by atoms with E-state index in [0.29, 0.717) is 6.42 Å². The fourth-order valence-corrected chi connectivity index (χ4v) is 0.881. The Bertz CT molecular complexity index is 128. The van der Waals surface area contributed by atoms with Gasteiger partial charge in [0.25, 0.3) is 0 Å². The maximum absolute atomic E-state index is 11.0. The van der Waals surface area contributed by atoms with Gasteiger partial charge in [-0.25, -0.2) is 0 Å². The second-order valence-corrected chi connectivity index (χ2v) is 3.73. The Morgan fingerprint density at radius 1 is 1.73 bits per heavy atom. The zero-order chi connectivity index (χ0) is 8.85. The van der Waals surface area contributed by atoms with Gasteiger partial charge in [0.2, 0.25) is 5.91 Å². The van der Waals surface area contributed by atoms with Crippen LogP contribution in [-0.2, 0) is 4.79 Å². The molecule has 3 unspecified atom stereocenters. The van der Waals surface area contributed by atoms with Crippen molar-refractivity contribution in [2.24, 2.45) is 5.73 Å². The molecule has 0 spiro atoms. The fraction of sp³-hybridized carbons (Fsp3) is 0.857. The van der Waals surface area contributed by atoms with E-state index in [1.165, 1.54) is 0 Å². The number of rotatable bonds is 4. The highest BCUT2D eigenvalue weighted by molar-refractivity contribution is 7.17. The highest BCUT2D eigenvalue weighted by Crippen LogP contribution is 1.96. The molecular formula is C7H17N2OP. The number of carbonyl (C=O) groups is 1. The van der Waals surface area contributed by atoms with Crippen LogP contribution >= 0.6 is 9.24 Å². The lowest BCUT2D eigenvalue weighted by Crippen LogP contribution is -2.33. The number of hydrogen-bond donors (Lipinski definition) is 2. The van der Waals surface area contributed by atoms with Crippen LogP contribution in [0.5, 0.6) is 0 Å². The first-order valence-corrected chi connectivity index (χ1v) is 4.53. The lowest BCUT2D eigenvalue weighted by molar-refractivity contribution is -0.121. The van der Waals surface area contributed by atoms with E-state index < -0.39 is 0 Å². The largest absolute Gasteiger partial charge is 0.350 e. The number of hydrogen-bond acceptors (Lipinski definition) is 2. The van der Waals surface area contributed by atoms with Gasteiger partial charge in [0.15, 0.2) is 0 Å². The van der Waals surface area contributed by atoms with Gasteiger partial charge in [-0.3, -0.25) is 4.79 Å². The van der Waals surface area contributed by atoms with Crippen LogP contribution in [0.4, 0.5) is 0 Å². The summed E-state index contributed by atoms with van der Waals surface area (Å²) in [6.45, 7) is 3.88. The quantitative estimate of drug-likeness (QED) is 0.611. The molecule has 0 saturated carbocycles. The molecule has 11 heavy (non-hydrogen) atoms. The summed E-state index contributed by atoms with van der Waals surface area (Å²) < 4.78 is 0. The van der Waals surface area contributed by atoms with E-state index in [0.717, 1.165) is 6.42 Å². The van der Waals surface area contributed by atoms with Crippen molar-refractivity contribution in [2.45, 2.75) is 38.5 Å². The van der Waals surface area contributed by atoms with E-state index in [9.17, 15) is 4.79 Å². The van der Waals surface area contributed by atoms with Gasteiger partial charge in [0, 0.05) is 18.2 Å². The smallest absolute Gasteiger partial charge is 0.222 e. The molecule has 0 aliphatic heterocycles. The van der Waals surface area contributed by atoms with E-state index >= 15 is 0 Å². The highest BCUT2D eigenvalue weighted by atomic mass is 31.0. The number of nitrogens with one attached hydrogen (secondary N) is 1. The molecule has 0 saturated heterocycles. The van der Waals surface area contributed by atoms with Gasteiger partial charge in [-0.2, -0.15) is 0 Å². The van der Waals surface area contributed by atoms with Crippen molar-refractivity contribution >= 4 is 15.1 Å². The predicted octanol–water partition coefficient (Wildman–Crippen LogP) is 0.451. The minimum atomic E-state index is -0.00116. The van der Waals surface area contributed by atoms with Crippen molar-refractivity contribution in [1.82, 2.24) is 5.32 Å². The second-order valence-electron chi connectivity index (χ2n) is 2.73. The standard InChI is InChI=1S/C7H17N2OP/c1-3-6(8)4-7(10)9-5(2)11/h5-6H,3-4,8,11H2,1-2H3,(H,9,10). The van der Waals surface area contributed by atoms with Crippen molar-refractivity contribution in [1.29, 1.82) is 0 Å². The summed E-state index contributed by atoms with van der Waals surface area (Å²) in [5.74, 6) is 0.161. The topological polar surface area (TPSA) is 55.1 Å². The molecule has 3 N–H and O–H groups in total.